The molecular weight excluding hydrogens is 258 g/mol. The molecule has 0 aromatic carbocycles. The number of morpholine rings is 1. The van der Waals surface area contributed by atoms with Gasteiger partial charge < -0.3 is 14.7 Å². The van der Waals surface area contributed by atoms with E-state index in [2.05, 4.69) is 9.97 Å². The number of carbonyl (C=O) groups is 1. The van der Waals surface area contributed by atoms with Crippen molar-refractivity contribution in [2.45, 2.75) is 45.8 Å². The third kappa shape index (κ3) is 3.25. The Hall–Kier alpha value is -1.69. The Morgan fingerprint density at radius 3 is 2.30 bits per heavy atom. The number of rotatable bonds is 2. The van der Waals surface area contributed by atoms with Crippen LogP contribution in [0.3, 0.4) is 0 Å². The molecule has 0 amide bonds. The van der Waals surface area contributed by atoms with Crippen LogP contribution in [-0.4, -0.2) is 45.3 Å². The summed E-state index contributed by atoms with van der Waals surface area (Å²) in [5, 5.41) is 9.10. The van der Waals surface area contributed by atoms with Crippen molar-refractivity contribution in [3.63, 3.8) is 0 Å². The molecule has 20 heavy (non-hydrogen) atoms. The molecule has 0 atom stereocenters. The van der Waals surface area contributed by atoms with E-state index < -0.39 is 5.97 Å². The van der Waals surface area contributed by atoms with Crippen LogP contribution in [0.1, 0.15) is 43.9 Å². The quantitative estimate of drug-likeness (QED) is 0.890. The molecule has 0 saturated carbocycles. The number of ether oxygens (including phenoxy) is 1. The van der Waals surface area contributed by atoms with Gasteiger partial charge in [-0.3, -0.25) is 0 Å². The number of hydrogen-bond acceptors (Lipinski definition) is 5. The molecule has 1 fully saturated rings. The zero-order chi connectivity index (χ0) is 15.1. The fraction of sp³-hybridized carbons (Fsp3) is 0.643. The Morgan fingerprint density at radius 1 is 1.25 bits per heavy atom. The maximum atomic E-state index is 11.1. The molecule has 0 unspecified atom stereocenters. The summed E-state index contributed by atoms with van der Waals surface area (Å²) in [6, 6.07) is 1.47. The lowest BCUT2D eigenvalue weighted by molar-refractivity contribution is -0.133. The molecule has 1 N–H and O–H groups in total. The van der Waals surface area contributed by atoms with E-state index in [1.54, 1.807) is 6.92 Å². The van der Waals surface area contributed by atoms with Gasteiger partial charge in [0, 0.05) is 18.8 Å². The number of aryl methyl sites for hydroxylation is 1. The summed E-state index contributed by atoms with van der Waals surface area (Å²) in [5.74, 6) is -0.588. The molecule has 0 aliphatic carbocycles. The van der Waals surface area contributed by atoms with Crippen molar-refractivity contribution >= 4 is 11.9 Å². The summed E-state index contributed by atoms with van der Waals surface area (Å²) >= 11 is 0. The minimum absolute atomic E-state index is 0.0228. The predicted octanol–water partition coefficient (Wildman–Crippen LogP) is 1.88. The van der Waals surface area contributed by atoms with Crippen LogP contribution >= 0.6 is 0 Å². The zero-order valence-electron chi connectivity index (χ0n) is 12.6. The molecule has 1 aliphatic rings. The van der Waals surface area contributed by atoms with E-state index in [1.807, 2.05) is 32.6 Å². The van der Waals surface area contributed by atoms with Gasteiger partial charge in [-0.25, -0.2) is 14.8 Å². The van der Waals surface area contributed by atoms with Crippen molar-refractivity contribution < 1.29 is 14.6 Å². The number of nitrogens with zero attached hydrogens (tertiary/aromatic N) is 3. The lowest BCUT2D eigenvalue weighted by atomic mass is 9.99. The highest BCUT2D eigenvalue weighted by atomic mass is 16.5. The standard InChI is InChI=1S/C14H21N3O3/c1-9-6-10(11(18)19)16-12(15-9)17-7-13(2,3)20-14(4,5)8-17/h6H,7-8H2,1-5H3,(H,18,19). The van der Waals surface area contributed by atoms with Crippen molar-refractivity contribution in [3.05, 3.63) is 17.5 Å². The predicted molar refractivity (Wildman–Crippen MR) is 75.2 cm³/mol. The van der Waals surface area contributed by atoms with Gasteiger partial charge in [0.1, 0.15) is 0 Å². The molecule has 0 radical (unpaired) electrons. The average Bonchev–Trinajstić information content (AvgIpc) is 2.23. The largest absolute Gasteiger partial charge is 0.477 e. The highest BCUT2D eigenvalue weighted by Crippen LogP contribution is 2.30. The van der Waals surface area contributed by atoms with Crippen LogP contribution < -0.4 is 4.90 Å². The number of carboxylic acids is 1. The van der Waals surface area contributed by atoms with Gasteiger partial charge in [-0.2, -0.15) is 0 Å². The third-order valence-corrected chi connectivity index (χ3v) is 3.04. The van der Waals surface area contributed by atoms with Crippen LogP contribution in [0.5, 0.6) is 0 Å². The molecule has 1 saturated heterocycles. The second-order valence-corrected chi connectivity index (χ2v) is 6.48. The molecule has 2 rings (SSSR count). The minimum Gasteiger partial charge on any atom is -0.477 e. The summed E-state index contributed by atoms with van der Waals surface area (Å²) < 4.78 is 6.01. The maximum Gasteiger partial charge on any atom is 0.354 e. The molecule has 6 heteroatoms. The maximum absolute atomic E-state index is 11.1. The van der Waals surface area contributed by atoms with Crippen molar-refractivity contribution in [1.82, 2.24) is 9.97 Å². The van der Waals surface area contributed by atoms with Crippen molar-refractivity contribution in [2.24, 2.45) is 0 Å². The van der Waals surface area contributed by atoms with Gasteiger partial charge in [0.05, 0.1) is 11.2 Å². The van der Waals surface area contributed by atoms with E-state index in [4.69, 9.17) is 9.84 Å². The van der Waals surface area contributed by atoms with Gasteiger partial charge in [0.25, 0.3) is 0 Å². The van der Waals surface area contributed by atoms with Crippen LogP contribution in [0.2, 0.25) is 0 Å². The first-order chi connectivity index (χ1) is 9.08. The molecule has 2 heterocycles. The number of aromatic carboxylic acids is 1. The molecular formula is C14H21N3O3. The first-order valence-corrected chi connectivity index (χ1v) is 6.62. The lowest BCUT2D eigenvalue weighted by Gasteiger charge is -2.47. The Labute approximate surface area is 118 Å². The van der Waals surface area contributed by atoms with E-state index in [0.717, 1.165) is 0 Å². The van der Waals surface area contributed by atoms with Crippen LogP contribution in [-0.2, 0) is 4.74 Å². The summed E-state index contributed by atoms with van der Waals surface area (Å²) in [7, 11) is 0. The first kappa shape index (κ1) is 14.7. The SMILES string of the molecule is Cc1cc(C(=O)O)nc(N2CC(C)(C)OC(C)(C)C2)n1. The van der Waals surface area contributed by atoms with Gasteiger partial charge in [0.2, 0.25) is 5.95 Å². The number of aromatic nitrogens is 2. The zero-order valence-corrected chi connectivity index (χ0v) is 12.6. The Balaban J connectivity index is 2.38. The Bertz CT molecular complexity index is 524. The smallest absolute Gasteiger partial charge is 0.354 e. The number of anilines is 1. The molecule has 6 nitrogen and oxygen atoms in total. The van der Waals surface area contributed by atoms with Gasteiger partial charge in [-0.15, -0.1) is 0 Å². The summed E-state index contributed by atoms with van der Waals surface area (Å²) in [4.78, 5) is 21.6. The van der Waals surface area contributed by atoms with Crippen LogP contribution in [0.4, 0.5) is 5.95 Å². The molecule has 1 aliphatic heterocycles. The van der Waals surface area contributed by atoms with Gasteiger partial charge in [0.15, 0.2) is 5.69 Å². The van der Waals surface area contributed by atoms with E-state index in [1.165, 1.54) is 6.07 Å². The first-order valence-electron chi connectivity index (χ1n) is 6.62. The van der Waals surface area contributed by atoms with Gasteiger partial charge in [-0.05, 0) is 40.7 Å². The lowest BCUT2D eigenvalue weighted by Crippen LogP contribution is -2.57. The molecule has 1 aromatic rings. The monoisotopic (exact) mass is 279 g/mol. The van der Waals surface area contributed by atoms with Gasteiger partial charge in [-0.1, -0.05) is 0 Å². The highest BCUT2D eigenvalue weighted by Gasteiger charge is 2.39. The average molecular weight is 279 g/mol. The van der Waals surface area contributed by atoms with Gasteiger partial charge >= 0.3 is 5.97 Å². The number of hydrogen-bond donors (Lipinski definition) is 1. The Kier molecular flexibility index (Phi) is 3.46. The van der Waals surface area contributed by atoms with Crippen molar-refractivity contribution in [1.29, 1.82) is 0 Å². The van der Waals surface area contributed by atoms with E-state index in [9.17, 15) is 4.79 Å². The third-order valence-electron chi connectivity index (χ3n) is 3.04. The molecule has 110 valence electrons. The molecule has 0 bridgehead atoms. The van der Waals surface area contributed by atoms with E-state index >= 15 is 0 Å². The van der Waals surface area contributed by atoms with E-state index in [0.29, 0.717) is 24.7 Å². The molecule has 1 aromatic heterocycles. The molecule has 0 spiro atoms. The van der Waals surface area contributed by atoms with Crippen LogP contribution in [0.25, 0.3) is 0 Å². The van der Waals surface area contributed by atoms with Crippen molar-refractivity contribution in [2.75, 3.05) is 18.0 Å². The van der Waals surface area contributed by atoms with Crippen LogP contribution in [0, 0.1) is 6.92 Å². The second-order valence-electron chi connectivity index (χ2n) is 6.48. The Morgan fingerprint density at radius 2 is 1.80 bits per heavy atom. The fourth-order valence-electron chi connectivity index (χ4n) is 2.73. The normalized spacial score (nSPS) is 20.8. The van der Waals surface area contributed by atoms with E-state index in [-0.39, 0.29) is 16.9 Å². The van der Waals surface area contributed by atoms with Crippen molar-refractivity contribution in [3.8, 4) is 0 Å². The fourth-order valence-corrected chi connectivity index (χ4v) is 2.73. The summed E-state index contributed by atoms with van der Waals surface area (Å²) in [6.07, 6.45) is 0. The second kappa shape index (κ2) is 4.70. The minimum atomic E-state index is -1.04. The topological polar surface area (TPSA) is 75.5 Å². The number of carboxylic acid groups (broad SMARTS) is 1. The summed E-state index contributed by atoms with van der Waals surface area (Å²) in [5.41, 5.74) is 0.000318. The highest BCUT2D eigenvalue weighted by molar-refractivity contribution is 5.85. The summed E-state index contributed by atoms with van der Waals surface area (Å²) in [6.45, 7) is 11.1. The van der Waals surface area contributed by atoms with Crippen LogP contribution in [0.15, 0.2) is 6.07 Å².